The summed E-state index contributed by atoms with van der Waals surface area (Å²) in [5.41, 5.74) is 2.53. The molecule has 0 aliphatic rings. The summed E-state index contributed by atoms with van der Waals surface area (Å²) in [7, 11) is 0. The normalized spacial score (nSPS) is 10.9. The summed E-state index contributed by atoms with van der Waals surface area (Å²) in [5, 5.41) is 20.8. The van der Waals surface area contributed by atoms with Gasteiger partial charge in [-0.2, -0.15) is 4.68 Å². The summed E-state index contributed by atoms with van der Waals surface area (Å²) in [5.74, 6) is -0.433. The van der Waals surface area contributed by atoms with Crippen molar-refractivity contribution in [1.82, 2.24) is 20.0 Å². The first-order valence-electron chi connectivity index (χ1n) is 9.26. The van der Waals surface area contributed by atoms with E-state index in [1.54, 1.807) is 37.3 Å². The van der Waals surface area contributed by atoms with Gasteiger partial charge in [0, 0.05) is 6.54 Å². The molecule has 0 saturated heterocycles. The summed E-state index contributed by atoms with van der Waals surface area (Å²) >= 11 is 0. The lowest BCUT2D eigenvalue weighted by molar-refractivity contribution is 0.0527. The fourth-order valence-electron chi connectivity index (χ4n) is 2.91. The SMILES string of the molecule is CCOC(=O)c1cc2nnn(-c3ccc(O)cc3)c2nc1NCc1ccc(F)cc1. The van der Waals surface area contributed by atoms with Crippen molar-refractivity contribution < 1.29 is 19.0 Å². The quantitative estimate of drug-likeness (QED) is 0.472. The highest BCUT2D eigenvalue weighted by atomic mass is 19.1. The van der Waals surface area contributed by atoms with E-state index in [-0.39, 0.29) is 23.7 Å². The lowest BCUT2D eigenvalue weighted by Gasteiger charge is -2.11. The number of phenolic OH excluding ortho intramolecular Hbond substituents is 1. The van der Waals surface area contributed by atoms with Crippen molar-refractivity contribution in [3.8, 4) is 11.4 Å². The molecule has 0 aliphatic heterocycles. The molecule has 2 heterocycles. The first-order chi connectivity index (χ1) is 14.5. The third kappa shape index (κ3) is 3.90. The lowest BCUT2D eigenvalue weighted by Crippen LogP contribution is -2.12. The molecule has 0 spiro atoms. The molecule has 0 saturated carbocycles. The Morgan fingerprint density at radius 2 is 1.90 bits per heavy atom. The molecule has 0 unspecified atom stereocenters. The molecule has 0 fully saturated rings. The molecule has 152 valence electrons. The van der Waals surface area contributed by atoms with E-state index in [9.17, 15) is 14.3 Å². The number of aromatic hydroxyl groups is 1. The van der Waals surface area contributed by atoms with Gasteiger partial charge in [-0.3, -0.25) is 0 Å². The van der Waals surface area contributed by atoms with Gasteiger partial charge in [-0.05, 0) is 55.0 Å². The Kier molecular flexibility index (Phi) is 5.25. The predicted molar refractivity (Wildman–Crippen MR) is 108 cm³/mol. The largest absolute Gasteiger partial charge is 0.508 e. The Morgan fingerprint density at radius 3 is 2.60 bits per heavy atom. The molecule has 2 aromatic heterocycles. The second-order valence-electron chi connectivity index (χ2n) is 6.45. The number of aromatic nitrogens is 4. The van der Waals surface area contributed by atoms with Crippen molar-refractivity contribution in [2.45, 2.75) is 13.5 Å². The zero-order chi connectivity index (χ0) is 21.1. The summed E-state index contributed by atoms with van der Waals surface area (Å²) < 4.78 is 19.8. The second kappa shape index (κ2) is 8.16. The number of nitrogens with zero attached hydrogens (tertiary/aromatic N) is 4. The molecule has 2 N–H and O–H groups in total. The standard InChI is InChI=1S/C21H18FN5O3/c1-2-30-21(29)17-11-18-20(27(26-25-18)15-7-9-16(28)10-8-15)24-19(17)23-12-13-3-5-14(22)6-4-13/h3-11,28H,2,12H2,1H3,(H,23,24). The number of hydrogen-bond donors (Lipinski definition) is 2. The van der Waals surface area contributed by atoms with Crippen LogP contribution in [-0.4, -0.2) is 37.7 Å². The third-order valence-corrected chi connectivity index (χ3v) is 4.39. The van der Waals surface area contributed by atoms with E-state index in [0.29, 0.717) is 29.2 Å². The number of carbonyl (C=O) groups is 1. The van der Waals surface area contributed by atoms with Crippen LogP contribution in [0.1, 0.15) is 22.8 Å². The predicted octanol–water partition coefficient (Wildman–Crippen LogP) is 3.45. The van der Waals surface area contributed by atoms with Gasteiger partial charge in [-0.15, -0.1) is 5.10 Å². The van der Waals surface area contributed by atoms with Crippen LogP contribution in [0.4, 0.5) is 10.2 Å². The number of anilines is 1. The number of rotatable bonds is 6. The number of carbonyl (C=O) groups excluding carboxylic acids is 1. The summed E-state index contributed by atoms with van der Waals surface area (Å²) in [6, 6.07) is 14.0. The van der Waals surface area contributed by atoms with Crippen molar-refractivity contribution in [2.75, 3.05) is 11.9 Å². The topological polar surface area (TPSA) is 102 Å². The minimum Gasteiger partial charge on any atom is -0.508 e. The highest BCUT2D eigenvalue weighted by Crippen LogP contribution is 2.23. The van der Waals surface area contributed by atoms with Crippen LogP contribution in [0, 0.1) is 5.82 Å². The van der Waals surface area contributed by atoms with E-state index in [1.165, 1.54) is 28.9 Å². The molecule has 9 heteroatoms. The molecule has 0 aliphatic carbocycles. The lowest BCUT2D eigenvalue weighted by atomic mass is 10.2. The molecule has 2 aromatic carbocycles. The van der Waals surface area contributed by atoms with Crippen molar-refractivity contribution in [3.05, 3.63) is 71.5 Å². The zero-order valence-electron chi connectivity index (χ0n) is 16.0. The minimum atomic E-state index is -0.535. The maximum atomic E-state index is 13.1. The van der Waals surface area contributed by atoms with E-state index in [1.807, 2.05) is 0 Å². The van der Waals surface area contributed by atoms with E-state index in [0.717, 1.165) is 5.56 Å². The van der Waals surface area contributed by atoms with Gasteiger partial charge in [-0.25, -0.2) is 14.2 Å². The number of esters is 1. The molecule has 0 radical (unpaired) electrons. The molecule has 30 heavy (non-hydrogen) atoms. The van der Waals surface area contributed by atoms with Crippen LogP contribution in [0.25, 0.3) is 16.9 Å². The first-order valence-corrected chi connectivity index (χ1v) is 9.26. The molecule has 0 amide bonds. The van der Waals surface area contributed by atoms with Gasteiger partial charge < -0.3 is 15.2 Å². The molecular formula is C21H18FN5O3. The average Bonchev–Trinajstić information content (AvgIpc) is 3.16. The number of nitrogens with one attached hydrogen (secondary N) is 1. The van der Waals surface area contributed by atoms with Gasteiger partial charge in [0.2, 0.25) is 0 Å². The smallest absolute Gasteiger partial charge is 0.341 e. The molecule has 0 bridgehead atoms. The van der Waals surface area contributed by atoms with Gasteiger partial charge in [0.25, 0.3) is 0 Å². The van der Waals surface area contributed by atoms with Crippen LogP contribution < -0.4 is 5.32 Å². The van der Waals surface area contributed by atoms with E-state index >= 15 is 0 Å². The van der Waals surface area contributed by atoms with Crippen LogP contribution in [0.5, 0.6) is 5.75 Å². The Labute approximate surface area is 170 Å². The minimum absolute atomic E-state index is 0.127. The van der Waals surface area contributed by atoms with Crippen molar-refractivity contribution >= 4 is 23.0 Å². The van der Waals surface area contributed by atoms with Crippen LogP contribution in [-0.2, 0) is 11.3 Å². The Bertz CT molecular complexity index is 1190. The maximum absolute atomic E-state index is 13.1. The summed E-state index contributed by atoms with van der Waals surface area (Å²) in [6.07, 6.45) is 0. The molecule has 4 rings (SSSR count). The van der Waals surface area contributed by atoms with Crippen molar-refractivity contribution in [1.29, 1.82) is 0 Å². The highest BCUT2D eigenvalue weighted by molar-refractivity contribution is 5.98. The molecule has 0 atom stereocenters. The highest BCUT2D eigenvalue weighted by Gasteiger charge is 2.19. The van der Waals surface area contributed by atoms with Crippen LogP contribution in [0.15, 0.2) is 54.6 Å². The van der Waals surface area contributed by atoms with Gasteiger partial charge in [-0.1, -0.05) is 17.3 Å². The van der Waals surface area contributed by atoms with Gasteiger partial charge in [0.15, 0.2) is 5.65 Å². The van der Waals surface area contributed by atoms with E-state index in [4.69, 9.17) is 4.74 Å². The van der Waals surface area contributed by atoms with Crippen LogP contribution >= 0.6 is 0 Å². The number of halogens is 1. The Hall–Kier alpha value is -4.01. The van der Waals surface area contributed by atoms with Crippen LogP contribution in [0.2, 0.25) is 0 Å². The van der Waals surface area contributed by atoms with E-state index in [2.05, 4.69) is 20.6 Å². The molecular weight excluding hydrogens is 389 g/mol. The second-order valence-corrected chi connectivity index (χ2v) is 6.45. The molecule has 4 aromatic rings. The summed E-state index contributed by atoms with van der Waals surface area (Å²) in [4.78, 5) is 17.0. The number of pyridine rings is 1. The maximum Gasteiger partial charge on any atom is 0.341 e. The fourth-order valence-corrected chi connectivity index (χ4v) is 2.91. The number of fused-ring (bicyclic) bond motifs is 1. The Morgan fingerprint density at radius 1 is 1.17 bits per heavy atom. The fraction of sp³-hybridized carbons (Fsp3) is 0.143. The zero-order valence-corrected chi connectivity index (χ0v) is 16.0. The average molecular weight is 407 g/mol. The third-order valence-electron chi connectivity index (χ3n) is 4.39. The molecule has 8 nitrogen and oxygen atoms in total. The number of hydrogen-bond acceptors (Lipinski definition) is 7. The number of benzene rings is 2. The number of ether oxygens (including phenoxy) is 1. The van der Waals surface area contributed by atoms with Gasteiger partial charge in [0.05, 0.1) is 12.3 Å². The number of phenols is 1. The first kappa shape index (κ1) is 19.3. The Balaban J connectivity index is 1.74. The van der Waals surface area contributed by atoms with Crippen molar-refractivity contribution in [3.63, 3.8) is 0 Å². The van der Waals surface area contributed by atoms with Gasteiger partial charge >= 0.3 is 5.97 Å². The van der Waals surface area contributed by atoms with E-state index < -0.39 is 5.97 Å². The monoisotopic (exact) mass is 407 g/mol. The van der Waals surface area contributed by atoms with Gasteiger partial charge in [0.1, 0.15) is 28.5 Å². The van der Waals surface area contributed by atoms with Crippen LogP contribution in [0.3, 0.4) is 0 Å². The van der Waals surface area contributed by atoms with Crippen molar-refractivity contribution in [2.24, 2.45) is 0 Å². The summed E-state index contributed by atoms with van der Waals surface area (Å²) in [6.45, 7) is 2.26.